The molecular weight excluding hydrogens is 424 g/mol. The summed E-state index contributed by atoms with van der Waals surface area (Å²) < 4.78 is 4.56. The number of aryl methyl sites for hydroxylation is 1. The first-order valence-electron chi connectivity index (χ1n) is 11.1. The number of hydrogen-bond donors (Lipinski definition) is 4. The minimum Gasteiger partial charge on any atom is -0.481 e. The number of carbonyl (C=O) groups is 2. The summed E-state index contributed by atoms with van der Waals surface area (Å²) in [6.07, 6.45) is 22.1. The summed E-state index contributed by atoms with van der Waals surface area (Å²) >= 11 is 0. The zero-order chi connectivity index (χ0) is 25.3. The number of nitrogens with zero attached hydrogens (tertiary/aromatic N) is 4. The maximum absolute atomic E-state index is 9.00. The Bertz CT molecular complexity index is 692. The highest BCUT2D eigenvalue weighted by Gasteiger charge is 2.10. The van der Waals surface area contributed by atoms with Crippen molar-refractivity contribution in [1.82, 2.24) is 24.5 Å². The molecule has 0 aromatic carbocycles. The fourth-order valence-electron chi connectivity index (χ4n) is 2.38. The molecule has 3 aromatic rings. The summed E-state index contributed by atoms with van der Waals surface area (Å²) in [7, 11) is 0. The van der Waals surface area contributed by atoms with Crippen molar-refractivity contribution in [3.8, 4) is 0 Å². The zero-order valence-electron chi connectivity index (χ0n) is 20.5. The standard InChI is InChI=1S/C13H25N2.2C3H4N2.2C2H4O2/c1-4-7-8-13(5-2)11-15-10-9-14(6-3)12-15;2*1-2-5-3-4-1;2*1-2(3)4/h9-10,12-13H,4-8,11H2,1-3H3;2*1-3H,(H,4,5);2*1H3,(H,3,4)/q+1;;;;. The van der Waals surface area contributed by atoms with E-state index in [-0.39, 0.29) is 0 Å². The number of rotatable bonds is 7. The number of carboxylic acid groups (broad SMARTS) is 2. The molecule has 10 nitrogen and oxygen atoms in total. The molecule has 4 N–H and O–H groups in total. The number of imidazole rings is 3. The molecular formula is C23H41N6O4+. The minimum atomic E-state index is -0.833. The Morgan fingerprint density at radius 1 is 1.00 bits per heavy atom. The van der Waals surface area contributed by atoms with Crippen molar-refractivity contribution in [2.24, 2.45) is 5.92 Å². The Hall–Kier alpha value is -3.43. The predicted molar refractivity (Wildman–Crippen MR) is 127 cm³/mol. The highest BCUT2D eigenvalue weighted by atomic mass is 16.4. The van der Waals surface area contributed by atoms with Crippen LogP contribution in [-0.4, -0.2) is 46.7 Å². The molecule has 33 heavy (non-hydrogen) atoms. The molecule has 10 heteroatoms. The van der Waals surface area contributed by atoms with Crippen LogP contribution in [0, 0.1) is 5.92 Å². The second kappa shape index (κ2) is 23.2. The molecule has 186 valence electrons. The summed E-state index contributed by atoms with van der Waals surface area (Å²) in [4.78, 5) is 30.8. The number of aliphatic carboxylic acids is 2. The van der Waals surface area contributed by atoms with Crippen molar-refractivity contribution in [2.45, 2.75) is 73.4 Å². The monoisotopic (exact) mass is 465 g/mol. The molecule has 3 heterocycles. The summed E-state index contributed by atoms with van der Waals surface area (Å²) in [6, 6.07) is 0. The molecule has 1 unspecified atom stereocenters. The van der Waals surface area contributed by atoms with Crippen molar-refractivity contribution in [3.63, 3.8) is 0 Å². The maximum atomic E-state index is 9.00. The van der Waals surface area contributed by atoms with Crippen LogP contribution in [-0.2, 0) is 22.7 Å². The smallest absolute Gasteiger partial charge is 0.300 e. The maximum Gasteiger partial charge on any atom is 0.300 e. The van der Waals surface area contributed by atoms with Gasteiger partial charge in [0.05, 0.1) is 25.7 Å². The van der Waals surface area contributed by atoms with Gasteiger partial charge in [-0.3, -0.25) is 9.59 Å². The summed E-state index contributed by atoms with van der Waals surface area (Å²) in [5, 5.41) is 14.8. The van der Waals surface area contributed by atoms with Crippen LogP contribution in [0.2, 0.25) is 0 Å². The molecule has 0 saturated carbocycles. The fourth-order valence-corrected chi connectivity index (χ4v) is 2.38. The third kappa shape index (κ3) is 26.5. The average Bonchev–Trinajstić information content (AvgIpc) is 3.54. The van der Waals surface area contributed by atoms with E-state index in [0.29, 0.717) is 0 Å². The number of hydrogen-bond acceptors (Lipinski definition) is 4. The molecule has 0 aliphatic carbocycles. The van der Waals surface area contributed by atoms with E-state index in [1.807, 2.05) is 0 Å². The Morgan fingerprint density at radius 3 is 1.79 bits per heavy atom. The molecule has 0 fully saturated rings. The average molecular weight is 466 g/mol. The van der Waals surface area contributed by atoms with Crippen LogP contribution in [0.1, 0.15) is 60.3 Å². The van der Waals surface area contributed by atoms with Gasteiger partial charge in [0.2, 0.25) is 6.33 Å². The largest absolute Gasteiger partial charge is 0.481 e. The summed E-state index contributed by atoms with van der Waals surface area (Å²) in [6.45, 7) is 11.2. The van der Waals surface area contributed by atoms with Gasteiger partial charge in [0.15, 0.2) is 0 Å². The van der Waals surface area contributed by atoms with E-state index in [0.717, 1.165) is 26.3 Å². The lowest BCUT2D eigenvalue weighted by molar-refractivity contribution is -0.703. The van der Waals surface area contributed by atoms with Gasteiger partial charge in [0.1, 0.15) is 12.4 Å². The highest BCUT2D eigenvalue weighted by Crippen LogP contribution is 2.12. The van der Waals surface area contributed by atoms with Gasteiger partial charge >= 0.3 is 0 Å². The Balaban J connectivity index is 0. The minimum absolute atomic E-state index is 0.833. The highest BCUT2D eigenvalue weighted by molar-refractivity contribution is 5.63. The quantitative estimate of drug-likeness (QED) is 0.389. The molecule has 0 amide bonds. The van der Waals surface area contributed by atoms with Crippen LogP contribution >= 0.6 is 0 Å². The lowest BCUT2D eigenvalue weighted by Crippen LogP contribution is -2.35. The second-order valence-corrected chi connectivity index (χ2v) is 6.92. The van der Waals surface area contributed by atoms with Gasteiger partial charge in [-0.25, -0.2) is 19.1 Å². The predicted octanol–water partition coefficient (Wildman–Crippen LogP) is 4.01. The third-order valence-electron chi connectivity index (χ3n) is 3.94. The number of carboxylic acids is 2. The number of H-pyrrole nitrogens is 2. The topological polar surface area (TPSA) is 141 Å². The van der Waals surface area contributed by atoms with Crippen LogP contribution in [0.15, 0.2) is 56.2 Å². The van der Waals surface area contributed by atoms with Crippen molar-refractivity contribution in [2.75, 3.05) is 0 Å². The van der Waals surface area contributed by atoms with E-state index in [1.165, 1.54) is 32.2 Å². The zero-order valence-corrected chi connectivity index (χ0v) is 20.5. The lowest BCUT2D eigenvalue weighted by Gasteiger charge is -2.11. The molecule has 0 spiro atoms. The van der Waals surface area contributed by atoms with E-state index >= 15 is 0 Å². The van der Waals surface area contributed by atoms with Crippen LogP contribution in [0.3, 0.4) is 0 Å². The molecule has 0 bridgehead atoms. The van der Waals surface area contributed by atoms with Gasteiger partial charge in [0, 0.05) is 38.6 Å². The van der Waals surface area contributed by atoms with E-state index in [9.17, 15) is 0 Å². The number of aromatic amines is 2. The molecule has 0 saturated heterocycles. The van der Waals surface area contributed by atoms with E-state index in [1.54, 1.807) is 37.4 Å². The normalized spacial score (nSPS) is 9.85. The van der Waals surface area contributed by atoms with Crippen molar-refractivity contribution >= 4 is 11.9 Å². The number of unbranched alkanes of at least 4 members (excludes halogenated alkanes) is 1. The second-order valence-electron chi connectivity index (χ2n) is 6.92. The van der Waals surface area contributed by atoms with E-state index in [4.69, 9.17) is 19.8 Å². The van der Waals surface area contributed by atoms with E-state index < -0.39 is 11.9 Å². The van der Waals surface area contributed by atoms with Gasteiger partial charge < -0.3 is 20.2 Å². The first-order valence-corrected chi connectivity index (χ1v) is 11.1. The lowest BCUT2D eigenvalue weighted by atomic mass is 9.99. The summed E-state index contributed by atoms with van der Waals surface area (Å²) in [5.41, 5.74) is 0. The van der Waals surface area contributed by atoms with Crippen molar-refractivity contribution in [3.05, 3.63) is 56.2 Å². The van der Waals surface area contributed by atoms with Crippen LogP contribution in [0.4, 0.5) is 0 Å². The van der Waals surface area contributed by atoms with Crippen molar-refractivity contribution < 1.29 is 24.4 Å². The number of nitrogens with one attached hydrogen (secondary N) is 2. The van der Waals surface area contributed by atoms with Gasteiger partial charge in [0.25, 0.3) is 11.9 Å². The van der Waals surface area contributed by atoms with Gasteiger partial charge in [-0.2, -0.15) is 0 Å². The molecule has 0 radical (unpaired) electrons. The Kier molecular flexibility index (Phi) is 22.4. The van der Waals surface area contributed by atoms with Gasteiger partial charge in [-0.05, 0) is 25.7 Å². The van der Waals surface area contributed by atoms with E-state index in [2.05, 4.69) is 68.6 Å². The Labute approximate surface area is 196 Å². The van der Waals surface area contributed by atoms with Gasteiger partial charge in [-0.15, -0.1) is 0 Å². The van der Waals surface area contributed by atoms with Crippen LogP contribution in [0.5, 0.6) is 0 Å². The SMILES string of the molecule is CC(=O)O.CC(=O)O.CCCCC(CC)C[n+]1ccn(CC)c1.c1c[nH]cn1.c1c[nH]cn1. The fraction of sp³-hybridized carbons (Fsp3) is 0.522. The van der Waals surface area contributed by atoms with Crippen molar-refractivity contribution in [1.29, 1.82) is 0 Å². The Morgan fingerprint density at radius 2 is 1.52 bits per heavy atom. The molecule has 0 aliphatic rings. The first-order chi connectivity index (χ1) is 15.8. The first kappa shape index (κ1) is 31.8. The van der Waals surface area contributed by atoms with Gasteiger partial charge in [-0.1, -0.05) is 26.7 Å². The number of aromatic nitrogens is 6. The van der Waals surface area contributed by atoms with Crippen LogP contribution < -0.4 is 4.57 Å². The third-order valence-corrected chi connectivity index (χ3v) is 3.94. The molecule has 3 aromatic heterocycles. The molecule has 0 aliphatic heterocycles. The summed E-state index contributed by atoms with van der Waals surface area (Å²) in [5.74, 6) is -0.817. The molecule has 1 atom stereocenters. The molecule has 3 rings (SSSR count). The van der Waals surface area contributed by atoms with Crippen LogP contribution in [0.25, 0.3) is 0 Å².